The lowest BCUT2D eigenvalue weighted by Gasteiger charge is -2.10. The number of carbonyl (C=O) groups excluding carboxylic acids is 1. The van der Waals surface area contributed by atoms with Gasteiger partial charge in [0.15, 0.2) is 0 Å². The summed E-state index contributed by atoms with van der Waals surface area (Å²) in [6, 6.07) is 7.28. The molecule has 0 unspecified atom stereocenters. The highest BCUT2D eigenvalue weighted by molar-refractivity contribution is 5.79. The average molecular weight is 317 g/mol. The third kappa shape index (κ3) is 5.17. The zero-order valence-electron chi connectivity index (χ0n) is 13.5. The maximum absolute atomic E-state index is 12.0. The Morgan fingerprint density at radius 2 is 2.04 bits per heavy atom. The van der Waals surface area contributed by atoms with Crippen LogP contribution >= 0.6 is 0 Å². The van der Waals surface area contributed by atoms with E-state index in [4.69, 9.17) is 4.74 Å². The Bertz CT molecular complexity index is 697. The van der Waals surface area contributed by atoms with E-state index in [1.54, 1.807) is 6.07 Å². The molecule has 6 heteroatoms. The number of amides is 1. The molecule has 0 bridgehead atoms. The first-order chi connectivity index (χ1) is 11.2. The zero-order chi connectivity index (χ0) is 16.5. The minimum atomic E-state index is -0.276. The molecular weight excluding hydrogens is 294 g/mol. The molecule has 0 aliphatic carbocycles. The van der Waals surface area contributed by atoms with Gasteiger partial charge in [-0.25, -0.2) is 4.98 Å². The molecule has 0 fully saturated rings. The molecule has 1 aromatic heterocycles. The number of nitrogens with one attached hydrogen (secondary N) is 1. The summed E-state index contributed by atoms with van der Waals surface area (Å²) in [5.74, 6) is -0.183. The predicted molar refractivity (Wildman–Crippen MR) is 89.4 cm³/mol. The summed E-state index contributed by atoms with van der Waals surface area (Å²) < 4.78 is 6.88. The Balaban J connectivity index is 1.84. The Hall–Kier alpha value is -2.21. The maximum atomic E-state index is 12.0. The van der Waals surface area contributed by atoms with Crippen LogP contribution in [0, 0.1) is 0 Å². The molecule has 0 atom stereocenters. The first-order valence-electron chi connectivity index (χ1n) is 8.01. The van der Waals surface area contributed by atoms with Crippen LogP contribution in [0.4, 0.5) is 0 Å². The second kappa shape index (κ2) is 9.05. The SMILES string of the molecule is CCCCOCCCNC(=O)Cn1c(=O)cnc2ccccc21. The highest BCUT2D eigenvalue weighted by Crippen LogP contribution is 2.07. The molecule has 1 N–H and O–H groups in total. The predicted octanol–water partition coefficient (Wildman–Crippen LogP) is 1.72. The number of aromatic nitrogens is 2. The van der Waals surface area contributed by atoms with Crippen molar-refractivity contribution in [3.63, 3.8) is 0 Å². The third-order valence-electron chi connectivity index (χ3n) is 3.48. The van der Waals surface area contributed by atoms with Crippen molar-refractivity contribution in [1.82, 2.24) is 14.9 Å². The number of hydrogen-bond donors (Lipinski definition) is 1. The van der Waals surface area contributed by atoms with E-state index in [1.165, 1.54) is 10.8 Å². The lowest BCUT2D eigenvalue weighted by molar-refractivity contribution is -0.121. The molecule has 0 saturated heterocycles. The molecule has 6 nitrogen and oxygen atoms in total. The standard InChI is InChI=1S/C17H23N3O3/c1-2-3-10-23-11-6-9-18-16(21)13-20-15-8-5-4-7-14(15)19-12-17(20)22/h4-5,7-8,12H,2-3,6,9-11,13H2,1H3,(H,18,21). The van der Waals surface area contributed by atoms with Crippen LogP contribution < -0.4 is 10.9 Å². The monoisotopic (exact) mass is 317 g/mol. The lowest BCUT2D eigenvalue weighted by atomic mass is 10.3. The average Bonchev–Trinajstić information content (AvgIpc) is 2.57. The first-order valence-corrected chi connectivity index (χ1v) is 8.01. The van der Waals surface area contributed by atoms with E-state index in [2.05, 4.69) is 17.2 Å². The quantitative estimate of drug-likeness (QED) is 0.715. The van der Waals surface area contributed by atoms with E-state index < -0.39 is 0 Å². The van der Waals surface area contributed by atoms with Crippen LogP contribution in [-0.4, -0.2) is 35.2 Å². The Labute approximate surface area is 135 Å². The second-order valence-electron chi connectivity index (χ2n) is 5.34. The van der Waals surface area contributed by atoms with Crippen molar-refractivity contribution < 1.29 is 9.53 Å². The summed E-state index contributed by atoms with van der Waals surface area (Å²) in [7, 11) is 0. The van der Waals surface area contributed by atoms with Crippen molar-refractivity contribution in [2.75, 3.05) is 19.8 Å². The van der Waals surface area contributed by atoms with Gasteiger partial charge in [0, 0.05) is 19.8 Å². The molecule has 1 heterocycles. The molecular formula is C17H23N3O3. The van der Waals surface area contributed by atoms with Crippen LogP contribution in [0.1, 0.15) is 26.2 Å². The molecule has 1 amide bonds. The fourth-order valence-corrected chi connectivity index (χ4v) is 2.23. The number of unbranched alkanes of at least 4 members (excludes halogenated alkanes) is 1. The molecule has 2 rings (SSSR count). The van der Waals surface area contributed by atoms with Crippen LogP contribution in [0.3, 0.4) is 0 Å². The molecule has 0 spiro atoms. The number of rotatable bonds is 9. The van der Waals surface area contributed by atoms with Crippen molar-refractivity contribution >= 4 is 16.9 Å². The number of carbonyl (C=O) groups is 1. The van der Waals surface area contributed by atoms with Gasteiger partial charge in [0.25, 0.3) is 5.56 Å². The summed E-state index contributed by atoms with van der Waals surface area (Å²) in [5, 5.41) is 2.81. The van der Waals surface area contributed by atoms with E-state index in [0.717, 1.165) is 25.9 Å². The van der Waals surface area contributed by atoms with Crippen LogP contribution in [0.5, 0.6) is 0 Å². The van der Waals surface area contributed by atoms with Crippen molar-refractivity contribution in [3.8, 4) is 0 Å². The molecule has 124 valence electrons. The molecule has 0 radical (unpaired) electrons. The van der Waals surface area contributed by atoms with Gasteiger partial charge < -0.3 is 10.1 Å². The van der Waals surface area contributed by atoms with Gasteiger partial charge in [0.05, 0.1) is 17.2 Å². The van der Waals surface area contributed by atoms with E-state index in [1.807, 2.05) is 18.2 Å². The van der Waals surface area contributed by atoms with Gasteiger partial charge in [0.2, 0.25) is 5.91 Å². The molecule has 0 saturated carbocycles. The van der Waals surface area contributed by atoms with Crippen molar-refractivity contribution in [1.29, 1.82) is 0 Å². The van der Waals surface area contributed by atoms with Gasteiger partial charge in [-0.15, -0.1) is 0 Å². The van der Waals surface area contributed by atoms with Crippen LogP contribution in [-0.2, 0) is 16.1 Å². The van der Waals surface area contributed by atoms with E-state index in [9.17, 15) is 9.59 Å². The van der Waals surface area contributed by atoms with Gasteiger partial charge >= 0.3 is 0 Å². The number of para-hydroxylation sites is 2. The van der Waals surface area contributed by atoms with E-state index >= 15 is 0 Å². The van der Waals surface area contributed by atoms with Crippen LogP contribution in [0.15, 0.2) is 35.3 Å². The molecule has 2 aromatic rings. The third-order valence-corrected chi connectivity index (χ3v) is 3.48. The van der Waals surface area contributed by atoms with Gasteiger partial charge in [-0.05, 0) is 25.0 Å². The van der Waals surface area contributed by atoms with E-state index in [0.29, 0.717) is 24.2 Å². The van der Waals surface area contributed by atoms with Gasteiger partial charge in [-0.2, -0.15) is 0 Å². The molecule has 23 heavy (non-hydrogen) atoms. The fourth-order valence-electron chi connectivity index (χ4n) is 2.23. The second-order valence-corrected chi connectivity index (χ2v) is 5.34. The van der Waals surface area contributed by atoms with Gasteiger partial charge in [0.1, 0.15) is 6.54 Å². The molecule has 0 aliphatic rings. The number of ether oxygens (including phenoxy) is 1. The number of hydrogen-bond acceptors (Lipinski definition) is 4. The molecule has 1 aromatic carbocycles. The van der Waals surface area contributed by atoms with Crippen molar-refractivity contribution in [2.24, 2.45) is 0 Å². The first kappa shape index (κ1) is 17.1. The van der Waals surface area contributed by atoms with Crippen molar-refractivity contribution in [3.05, 3.63) is 40.8 Å². The van der Waals surface area contributed by atoms with Gasteiger partial charge in [-0.1, -0.05) is 25.5 Å². The normalized spacial score (nSPS) is 10.8. The Kier molecular flexibility index (Phi) is 6.75. The lowest BCUT2D eigenvalue weighted by Crippen LogP contribution is -2.33. The number of fused-ring (bicyclic) bond motifs is 1. The van der Waals surface area contributed by atoms with Crippen molar-refractivity contribution in [2.45, 2.75) is 32.7 Å². The van der Waals surface area contributed by atoms with E-state index in [-0.39, 0.29) is 18.0 Å². The number of nitrogens with zero attached hydrogens (tertiary/aromatic N) is 2. The topological polar surface area (TPSA) is 73.2 Å². The zero-order valence-corrected chi connectivity index (χ0v) is 13.5. The van der Waals surface area contributed by atoms with Crippen LogP contribution in [0.25, 0.3) is 11.0 Å². The Morgan fingerprint density at radius 1 is 1.26 bits per heavy atom. The summed E-state index contributed by atoms with van der Waals surface area (Å²) in [5.41, 5.74) is 1.09. The minimum absolute atomic E-state index is 0.00143. The van der Waals surface area contributed by atoms with Crippen LogP contribution in [0.2, 0.25) is 0 Å². The maximum Gasteiger partial charge on any atom is 0.269 e. The minimum Gasteiger partial charge on any atom is -0.381 e. The smallest absolute Gasteiger partial charge is 0.269 e. The number of benzene rings is 1. The molecule has 0 aliphatic heterocycles. The highest BCUT2D eigenvalue weighted by atomic mass is 16.5. The summed E-state index contributed by atoms with van der Waals surface area (Å²) in [6.45, 7) is 4.07. The fraction of sp³-hybridized carbons (Fsp3) is 0.471. The largest absolute Gasteiger partial charge is 0.381 e. The summed E-state index contributed by atoms with van der Waals surface area (Å²) in [6.07, 6.45) is 4.19. The van der Waals surface area contributed by atoms with Gasteiger partial charge in [-0.3, -0.25) is 14.2 Å². The highest BCUT2D eigenvalue weighted by Gasteiger charge is 2.08. The summed E-state index contributed by atoms with van der Waals surface area (Å²) in [4.78, 5) is 28.0. The Morgan fingerprint density at radius 3 is 2.87 bits per heavy atom. The summed E-state index contributed by atoms with van der Waals surface area (Å²) >= 11 is 0.